The van der Waals surface area contributed by atoms with Crippen molar-refractivity contribution in [1.29, 1.82) is 0 Å². The van der Waals surface area contributed by atoms with Gasteiger partial charge in [-0.1, -0.05) is 17.7 Å². The first-order valence-electron chi connectivity index (χ1n) is 5.99. The summed E-state index contributed by atoms with van der Waals surface area (Å²) in [4.78, 5) is 11.2. The third kappa shape index (κ3) is 3.64. The van der Waals surface area contributed by atoms with Crippen molar-refractivity contribution >= 4 is 17.6 Å². The van der Waals surface area contributed by atoms with Gasteiger partial charge >= 0.3 is 5.97 Å². The van der Waals surface area contributed by atoms with Crippen LogP contribution in [0.2, 0.25) is 5.02 Å². The molecule has 1 N–H and O–H groups in total. The third-order valence-corrected chi connectivity index (χ3v) is 3.17. The molecule has 0 fully saturated rings. The minimum absolute atomic E-state index is 0.0208. The fourth-order valence-corrected chi connectivity index (χ4v) is 1.95. The summed E-state index contributed by atoms with van der Waals surface area (Å²) < 4.78 is 23.4. The van der Waals surface area contributed by atoms with Gasteiger partial charge in [-0.2, -0.15) is 0 Å². The van der Waals surface area contributed by atoms with Crippen LogP contribution in [0.15, 0.2) is 36.4 Å². The zero-order chi connectivity index (χ0) is 15.4. The van der Waals surface area contributed by atoms with Gasteiger partial charge in [-0.15, -0.1) is 0 Å². The molecule has 2 rings (SSSR count). The van der Waals surface area contributed by atoms with E-state index in [1.807, 2.05) is 0 Å². The van der Waals surface area contributed by atoms with Crippen LogP contribution in [-0.4, -0.2) is 18.2 Å². The van der Waals surface area contributed by atoms with Gasteiger partial charge in [0.15, 0.2) is 0 Å². The Kier molecular flexibility index (Phi) is 4.65. The average Bonchev–Trinajstić information content (AvgIpc) is 2.46. The first-order valence-corrected chi connectivity index (χ1v) is 6.37. The van der Waals surface area contributed by atoms with Crippen molar-refractivity contribution in [3.63, 3.8) is 0 Å². The minimum atomic E-state index is -1.13. The first-order chi connectivity index (χ1) is 10.0. The minimum Gasteiger partial charge on any atom is -0.497 e. The summed E-state index contributed by atoms with van der Waals surface area (Å²) in [6.07, 6.45) is 0. The van der Waals surface area contributed by atoms with Gasteiger partial charge in [-0.05, 0) is 30.3 Å². The molecule has 0 heterocycles. The van der Waals surface area contributed by atoms with Gasteiger partial charge < -0.3 is 14.6 Å². The lowest BCUT2D eigenvalue weighted by molar-refractivity contribution is 0.0691. The average molecular weight is 311 g/mol. The highest BCUT2D eigenvalue weighted by molar-refractivity contribution is 6.31. The fourth-order valence-electron chi connectivity index (χ4n) is 1.72. The number of rotatable bonds is 5. The van der Waals surface area contributed by atoms with Crippen molar-refractivity contribution in [2.24, 2.45) is 0 Å². The van der Waals surface area contributed by atoms with E-state index in [4.69, 9.17) is 26.2 Å². The Bertz CT molecular complexity index is 673. The molecule has 0 aliphatic heterocycles. The van der Waals surface area contributed by atoms with Crippen LogP contribution in [0.3, 0.4) is 0 Å². The second-order valence-electron chi connectivity index (χ2n) is 4.19. The predicted octanol–water partition coefficient (Wildman–Crippen LogP) is 3.76. The number of hydrogen-bond donors (Lipinski definition) is 1. The number of aromatic carboxylic acids is 1. The largest absolute Gasteiger partial charge is 0.497 e. The maximum absolute atomic E-state index is 12.9. The molecule has 0 aliphatic rings. The van der Waals surface area contributed by atoms with Crippen LogP contribution in [0.1, 0.15) is 15.9 Å². The van der Waals surface area contributed by atoms with Crippen molar-refractivity contribution in [3.05, 3.63) is 58.4 Å². The van der Waals surface area contributed by atoms with Crippen LogP contribution in [-0.2, 0) is 6.61 Å². The van der Waals surface area contributed by atoms with Gasteiger partial charge in [0.1, 0.15) is 29.5 Å². The lowest BCUT2D eigenvalue weighted by Crippen LogP contribution is -2.04. The van der Waals surface area contributed by atoms with E-state index in [0.29, 0.717) is 11.3 Å². The molecule has 0 unspecified atom stereocenters. The monoisotopic (exact) mass is 310 g/mol. The molecule has 2 aromatic carbocycles. The van der Waals surface area contributed by atoms with Gasteiger partial charge in [0.2, 0.25) is 0 Å². The van der Waals surface area contributed by atoms with Crippen LogP contribution >= 0.6 is 11.6 Å². The number of hydrogen-bond acceptors (Lipinski definition) is 3. The zero-order valence-electron chi connectivity index (χ0n) is 11.1. The Morgan fingerprint density at radius 1 is 1.29 bits per heavy atom. The Morgan fingerprint density at radius 3 is 2.67 bits per heavy atom. The first kappa shape index (κ1) is 15.1. The predicted molar refractivity (Wildman–Crippen MR) is 75.7 cm³/mol. The summed E-state index contributed by atoms with van der Waals surface area (Å²) in [5.41, 5.74) is 0.540. The lowest BCUT2D eigenvalue weighted by Gasteiger charge is -2.11. The number of carbonyl (C=O) groups is 1. The Labute approximate surface area is 125 Å². The molecule has 21 heavy (non-hydrogen) atoms. The summed E-state index contributed by atoms with van der Waals surface area (Å²) >= 11 is 5.89. The SMILES string of the molecule is COc1ccc(OCc2ccc(F)cc2Cl)c(C(=O)O)c1. The van der Waals surface area contributed by atoms with E-state index in [1.54, 1.807) is 6.07 Å². The molecule has 0 spiro atoms. The maximum atomic E-state index is 12.9. The molecule has 4 nitrogen and oxygen atoms in total. The Balaban J connectivity index is 2.21. The van der Waals surface area contributed by atoms with E-state index in [9.17, 15) is 9.18 Å². The van der Waals surface area contributed by atoms with Crippen LogP contribution in [0.25, 0.3) is 0 Å². The zero-order valence-corrected chi connectivity index (χ0v) is 11.9. The molecule has 0 aromatic heterocycles. The van der Waals surface area contributed by atoms with E-state index in [0.717, 1.165) is 0 Å². The van der Waals surface area contributed by atoms with E-state index in [2.05, 4.69) is 0 Å². The van der Waals surface area contributed by atoms with Crippen LogP contribution in [0, 0.1) is 5.82 Å². The molecule has 0 atom stereocenters. The number of methoxy groups -OCH3 is 1. The molecule has 0 bridgehead atoms. The van der Waals surface area contributed by atoms with Crippen LogP contribution < -0.4 is 9.47 Å². The molecular formula is C15H12ClFO4. The molecular weight excluding hydrogens is 299 g/mol. The molecule has 0 amide bonds. The normalized spacial score (nSPS) is 10.2. The molecule has 0 aliphatic carbocycles. The highest BCUT2D eigenvalue weighted by atomic mass is 35.5. The van der Waals surface area contributed by atoms with Gasteiger partial charge in [-0.25, -0.2) is 9.18 Å². The molecule has 0 saturated carbocycles. The second-order valence-corrected chi connectivity index (χ2v) is 4.60. The quantitative estimate of drug-likeness (QED) is 0.913. The topological polar surface area (TPSA) is 55.8 Å². The fraction of sp³-hybridized carbons (Fsp3) is 0.133. The smallest absolute Gasteiger partial charge is 0.339 e. The number of benzene rings is 2. The van der Waals surface area contributed by atoms with Gasteiger partial charge in [0.05, 0.1) is 12.1 Å². The second kappa shape index (κ2) is 6.45. The van der Waals surface area contributed by atoms with Crippen LogP contribution in [0.5, 0.6) is 11.5 Å². The van der Waals surface area contributed by atoms with Gasteiger partial charge in [0, 0.05) is 5.56 Å². The lowest BCUT2D eigenvalue weighted by atomic mass is 10.2. The number of carboxylic acid groups (broad SMARTS) is 1. The van der Waals surface area contributed by atoms with Crippen molar-refractivity contribution in [1.82, 2.24) is 0 Å². The van der Waals surface area contributed by atoms with Crippen molar-refractivity contribution in [3.8, 4) is 11.5 Å². The summed E-state index contributed by atoms with van der Waals surface area (Å²) in [7, 11) is 1.44. The van der Waals surface area contributed by atoms with Crippen LogP contribution in [0.4, 0.5) is 4.39 Å². The summed E-state index contributed by atoms with van der Waals surface area (Å²) in [5, 5.41) is 9.39. The molecule has 0 radical (unpaired) electrons. The van der Waals surface area contributed by atoms with Crippen molar-refractivity contribution in [2.45, 2.75) is 6.61 Å². The highest BCUT2D eigenvalue weighted by Gasteiger charge is 2.13. The number of ether oxygens (including phenoxy) is 2. The third-order valence-electron chi connectivity index (χ3n) is 2.82. The molecule has 2 aromatic rings. The van der Waals surface area contributed by atoms with Gasteiger partial charge in [-0.3, -0.25) is 0 Å². The summed E-state index contributed by atoms with van der Waals surface area (Å²) in [6.45, 7) is 0.0335. The number of halogens is 2. The van der Waals surface area contributed by atoms with E-state index in [1.165, 1.54) is 37.4 Å². The van der Waals surface area contributed by atoms with E-state index in [-0.39, 0.29) is 22.9 Å². The summed E-state index contributed by atoms with van der Waals surface area (Å²) in [5.74, 6) is -0.975. The Hall–Kier alpha value is -2.27. The van der Waals surface area contributed by atoms with Gasteiger partial charge in [0.25, 0.3) is 0 Å². The molecule has 6 heteroatoms. The molecule has 0 saturated heterocycles. The van der Waals surface area contributed by atoms with Crippen molar-refractivity contribution in [2.75, 3.05) is 7.11 Å². The van der Waals surface area contributed by atoms with E-state index < -0.39 is 11.8 Å². The van der Waals surface area contributed by atoms with E-state index >= 15 is 0 Å². The highest BCUT2D eigenvalue weighted by Crippen LogP contribution is 2.26. The summed E-state index contributed by atoms with van der Waals surface area (Å²) in [6, 6.07) is 8.38. The maximum Gasteiger partial charge on any atom is 0.339 e. The number of carboxylic acids is 1. The Morgan fingerprint density at radius 2 is 2.05 bits per heavy atom. The standard InChI is InChI=1S/C15H12ClFO4/c1-20-11-4-5-14(12(7-11)15(18)19)21-8-9-2-3-10(17)6-13(9)16/h2-7H,8H2,1H3,(H,18,19). The van der Waals surface area contributed by atoms with Crippen molar-refractivity contribution < 1.29 is 23.8 Å². The molecule has 110 valence electrons.